The molecule has 4 unspecified atom stereocenters. The van der Waals surface area contributed by atoms with E-state index < -0.39 is 0 Å². The van der Waals surface area contributed by atoms with Gasteiger partial charge in [0.1, 0.15) is 6.10 Å². The Hall–Kier alpha value is -2.05. The van der Waals surface area contributed by atoms with Gasteiger partial charge in [0, 0.05) is 25.9 Å². The van der Waals surface area contributed by atoms with Crippen LogP contribution in [0.3, 0.4) is 0 Å². The summed E-state index contributed by atoms with van der Waals surface area (Å²) in [4.78, 5) is 36.8. The number of ether oxygens (including phenoxy) is 2. The van der Waals surface area contributed by atoms with Crippen LogP contribution in [0.4, 0.5) is 4.79 Å². The number of methoxy groups -OCH3 is 1. The summed E-state index contributed by atoms with van der Waals surface area (Å²) in [7, 11) is 1.43. The van der Waals surface area contributed by atoms with E-state index in [1.807, 2.05) is 0 Å². The summed E-state index contributed by atoms with van der Waals surface area (Å²) >= 11 is 0. The molecule has 4 rings (SSSR count). The lowest BCUT2D eigenvalue weighted by atomic mass is 9.44. The highest BCUT2D eigenvalue weighted by Crippen LogP contribution is 2.68. The summed E-state index contributed by atoms with van der Waals surface area (Å²) in [5, 5.41) is 6.20. The number of carbonyl (C=O) groups excluding carboxylic acids is 3. The van der Waals surface area contributed by atoms with Crippen molar-refractivity contribution < 1.29 is 23.9 Å². The van der Waals surface area contributed by atoms with Crippen LogP contribution in [0.15, 0.2) is 12.2 Å². The van der Waals surface area contributed by atoms with Gasteiger partial charge in [-0.15, -0.1) is 0 Å². The van der Waals surface area contributed by atoms with E-state index in [2.05, 4.69) is 50.5 Å². The summed E-state index contributed by atoms with van der Waals surface area (Å²) in [5.41, 5.74) is 0.758. The monoisotopic (exact) mass is 797 g/mol. The summed E-state index contributed by atoms with van der Waals surface area (Å²) in [5.74, 6) is 4.38. The summed E-state index contributed by atoms with van der Waals surface area (Å²) in [6, 6.07) is 0. The van der Waals surface area contributed by atoms with Crippen LogP contribution in [0.2, 0.25) is 0 Å². The molecule has 0 radical (unpaired) electrons. The van der Waals surface area contributed by atoms with Gasteiger partial charge in [-0.05, 0) is 155 Å². The van der Waals surface area contributed by atoms with Gasteiger partial charge < -0.3 is 20.1 Å². The number of fused-ring (bicyclic) bond motifs is 5. The molecule has 0 heterocycles. The van der Waals surface area contributed by atoms with Crippen LogP contribution in [0.5, 0.6) is 0 Å². The summed E-state index contributed by atoms with van der Waals surface area (Å²) in [6.07, 6.45) is 38.7. The Morgan fingerprint density at radius 2 is 1.30 bits per heavy atom. The van der Waals surface area contributed by atoms with Crippen molar-refractivity contribution in [3.8, 4) is 0 Å². The minimum absolute atomic E-state index is 0.0637. The number of carbonyl (C=O) groups is 3. The normalized spacial score (nSPS) is 29.9. The van der Waals surface area contributed by atoms with Gasteiger partial charge in [-0.1, -0.05) is 104 Å². The predicted molar refractivity (Wildman–Crippen MR) is 235 cm³/mol. The van der Waals surface area contributed by atoms with E-state index >= 15 is 0 Å². The number of unbranched alkanes of at least 4 members (excludes halogenated alkanes) is 14. The van der Waals surface area contributed by atoms with E-state index in [1.54, 1.807) is 0 Å². The van der Waals surface area contributed by atoms with Gasteiger partial charge in [-0.2, -0.15) is 0 Å². The van der Waals surface area contributed by atoms with E-state index in [0.717, 1.165) is 69.2 Å². The molecule has 7 heteroatoms. The highest BCUT2D eigenvalue weighted by molar-refractivity contribution is 5.75. The number of amides is 2. The molecule has 0 aromatic heterocycles. The van der Waals surface area contributed by atoms with Crippen molar-refractivity contribution in [1.29, 1.82) is 0 Å². The molecule has 2 amide bonds. The van der Waals surface area contributed by atoms with Gasteiger partial charge in [0.25, 0.3) is 0 Å². The van der Waals surface area contributed by atoms with Crippen molar-refractivity contribution in [3.63, 3.8) is 0 Å². The molecule has 0 aromatic carbocycles. The number of allylic oxidation sites excluding steroid dienone is 2. The van der Waals surface area contributed by atoms with Crippen LogP contribution >= 0.6 is 0 Å². The Balaban J connectivity index is 1.06. The largest absolute Gasteiger partial charge is 0.469 e. The number of esters is 1. The molecule has 2 N–H and O–H groups in total. The van der Waals surface area contributed by atoms with Crippen LogP contribution in [-0.2, 0) is 19.1 Å². The zero-order valence-electron chi connectivity index (χ0n) is 37.7. The molecule has 4 aliphatic carbocycles. The van der Waals surface area contributed by atoms with Crippen LogP contribution < -0.4 is 10.6 Å². The molecular weight excluding hydrogens is 709 g/mol. The first-order valence-corrected chi connectivity index (χ1v) is 24.5. The van der Waals surface area contributed by atoms with Gasteiger partial charge in [-0.25, -0.2) is 4.79 Å². The maximum absolute atomic E-state index is 12.8. The third-order valence-electron chi connectivity index (χ3n) is 16.0. The fourth-order valence-electron chi connectivity index (χ4n) is 12.6. The first-order valence-electron chi connectivity index (χ1n) is 24.5. The molecule has 7 nitrogen and oxygen atoms in total. The number of hydrogen-bond donors (Lipinski definition) is 2. The lowest BCUT2D eigenvalue weighted by Gasteiger charge is -2.61. The molecule has 0 saturated heterocycles. The SMILES string of the molecule is CCCCCCCCC=CCCCCCCCCNC(=O)O[C@@H]1CC[C@@]2(C)C(CCC3C2CC[C@@]2(C)C3CC[C@@H]2[C@H](C)CCC(=O)NCCCCCC(=O)OC)C1. The van der Waals surface area contributed by atoms with E-state index in [4.69, 9.17) is 9.47 Å². The molecule has 0 bridgehead atoms. The van der Waals surface area contributed by atoms with Gasteiger partial charge in [-0.3, -0.25) is 9.59 Å². The minimum atomic E-state index is -0.200. The Morgan fingerprint density at radius 1 is 0.684 bits per heavy atom. The average Bonchev–Trinajstić information content (AvgIpc) is 3.56. The quantitative estimate of drug-likeness (QED) is 0.0490. The smallest absolute Gasteiger partial charge is 0.407 e. The second-order valence-electron chi connectivity index (χ2n) is 19.8. The molecular formula is C50H88N2O5. The highest BCUT2D eigenvalue weighted by Gasteiger charge is 2.60. The fraction of sp³-hybridized carbons (Fsp3) is 0.900. The second kappa shape index (κ2) is 25.5. The Labute approximate surface area is 350 Å². The molecule has 57 heavy (non-hydrogen) atoms. The molecule has 0 spiro atoms. The van der Waals surface area contributed by atoms with Crippen LogP contribution in [0, 0.1) is 46.3 Å². The lowest BCUT2D eigenvalue weighted by molar-refractivity contribution is -0.140. The zero-order chi connectivity index (χ0) is 40.9. The number of hydrogen-bond acceptors (Lipinski definition) is 5. The predicted octanol–water partition coefficient (Wildman–Crippen LogP) is 13.0. The average molecular weight is 797 g/mol. The molecule has 4 aliphatic rings. The van der Waals surface area contributed by atoms with E-state index in [-0.39, 0.29) is 24.1 Å². The Kier molecular flexibility index (Phi) is 21.3. The van der Waals surface area contributed by atoms with Crippen molar-refractivity contribution in [3.05, 3.63) is 12.2 Å². The van der Waals surface area contributed by atoms with E-state index in [1.165, 1.54) is 136 Å². The molecule has 0 aliphatic heterocycles. The Morgan fingerprint density at radius 3 is 2.00 bits per heavy atom. The molecule has 4 fully saturated rings. The number of nitrogens with one attached hydrogen (secondary N) is 2. The minimum Gasteiger partial charge on any atom is -0.469 e. The third kappa shape index (κ3) is 14.9. The Bertz CT molecular complexity index is 1210. The summed E-state index contributed by atoms with van der Waals surface area (Å²) in [6.45, 7) is 11.3. The maximum Gasteiger partial charge on any atom is 0.407 e. The first-order chi connectivity index (χ1) is 27.6. The van der Waals surface area contributed by atoms with E-state index in [9.17, 15) is 14.4 Å². The molecule has 9 atom stereocenters. The van der Waals surface area contributed by atoms with E-state index in [0.29, 0.717) is 48.0 Å². The maximum atomic E-state index is 12.8. The first kappa shape index (κ1) is 47.6. The lowest BCUT2D eigenvalue weighted by Crippen LogP contribution is -2.54. The highest BCUT2D eigenvalue weighted by atomic mass is 16.6. The second-order valence-corrected chi connectivity index (χ2v) is 19.8. The summed E-state index contributed by atoms with van der Waals surface area (Å²) < 4.78 is 10.8. The fourth-order valence-corrected chi connectivity index (χ4v) is 12.6. The number of alkyl carbamates (subject to hydrolysis) is 1. The van der Waals surface area contributed by atoms with Crippen molar-refractivity contribution in [1.82, 2.24) is 10.6 Å². The topological polar surface area (TPSA) is 93.7 Å². The van der Waals surface area contributed by atoms with Gasteiger partial charge in [0.2, 0.25) is 5.91 Å². The number of rotatable bonds is 27. The molecule has 4 saturated carbocycles. The third-order valence-corrected chi connectivity index (χ3v) is 16.0. The molecule has 0 aromatic rings. The standard InChI is InChI=1S/C50H88N2O5/c1-6-7-8-9-10-11-12-13-14-15-16-17-18-19-20-23-37-52-48(55)57-41-32-34-49(3)40(38-41)27-28-42-44-30-29-43(50(44,4)35-33-45(42)49)39(2)26-31-46(53)51-36-24-21-22-25-47(54)56-5/h13-14,39-45H,6-12,15-38H2,1-5H3,(H,51,53)(H,52,55)/t39-,40?,41-,42?,43-,44?,45?,49+,50-/m1/s1. The van der Waals surface area contributed by atoms with Gasteiger partial charge in [0.15, 0.2) is 0 Å². The zero-order valence-corrected chi connectivity index (χ0v) is 37.7. The van der Waals surface area contributed by atoms with Crippen LogP contribution in [0.25, 0.3) is 0 Å². The van der Waals surface area contributed by atoms with Crippen LogP contribution in [-0.4, -0.2) is 44.3 Å². The van der Waals surface area contributed by atoms with Crippen LogP contribution in [0.1, 0.15) is 214 Å². The van der Waals surface area contributed by atoms with Crippen molar-refractivity contribution in [2.75, 3.05) is 20.2 Å². The molecule has 328 valence electrons. The van der Waals surface area contributed by atoms with Gasteiger partial charge >= 0.3 is 12.1 Å². The van der Waals surface area contributed by atoms with Crippen molar-refractivity contribution >= 4 is 18.0 Å². The van der Waals surface area contributed by atoms with Crippen molar-refractivity contribution in [2.24, 2.45) is 46.3 Å². The van der Waals surface area contributed by atoms with Crippen molar-refractivity contribution in [2.45, 2.75) is 220 Å². The van der Waals surface area contributed by atoms with Gasteiger partial charge in [0.05, 0.1) is 7.11 Å².